The van der Waals surface area contributed by atoms with Gasteiger partial charge < -0.3 is 4.57 Å². The lowest BCUT2D eigenvalue weighted by molar-refractivity contribution is 1.16. The molecule has 0 aliphatic carbocycles. The van der Waals surface area contributed by atoms with Crippen molar-refractivity contribution >= 4 is 53.4 Å². The molecule has 0 aliphatic heterocycles. The van der Waals surface area contributed by atoms with Gasteiger partial charge >= 0.3 is 0 Å². The predicted octanol–water partition coefficient (Wildman–Crippen LogP) is 8.67. The highest BCUT2D eigenvalue weighted by Gasteiger charge is 2.18. The largest absolute Gasteiger partial charge is 0.307 e. The van der Waals surface area contributed by atoms with Gasteiger partial charge in [-0.05, 0) is 60.7 Å². The van der Waals surface area contributed by atoms with Crippen LogP contribution >= 0.6 is 11.3 Å². The van der Waals surface area contributed by atoms with E-state index in [2.05, 4.69) is 88.4 Å². The molecule has 0 saturated carbocycles. The number of benzene rings is 4. The van der Waals surface area contributed by atoms with Crippen LogP contribution < -0.4 is 0 Å². The molecule has 4 aromatic heterocycles. The van der Waals surface area contributed by atoms with Gasteiger partial charge in [0, 0.05) is 54.8 Å². The molecule has 0 spiro atoms. The molecule has 8 aromatic rings. The molecule has 0 bridgehead atoms. The highest BCUT2D eigenvalue weighted by atomic mass is 32.1. The highest BCUT2D eigenvalue weighted by Crippen LogP contribution is 2.42. The number of pyridine rings is 1. The second-order valence-electron chi connectivity index (χ2n) is 9.32. The summed E-state index contributed by atoms with van der Waals surface area (Å²) >= 11 is 1.84. The number of hydrogen-bond donors (Lipinski definition) is 0. The van der Waals surface area contributed by atoms with Crippen LogP contribution in [0, 0.1) is 0 Å². The average Bonchev–Trinajstić information content (AvgIpc) is 3.53. The maximum absolute atomic E-state index is 4.85. The van der Waals surface area contributed by atoms with Crippen molar-refractivity contribution in [3.63, 3.8) is 0 Å². The Morgan fingerprint density at radius 1 is 0.579 bits per heavy atom. The third kappa shape index (κ3) is 3.19. The molecule has 38 heavy (non-hydrogen) atoms. The van der Waals surface area contributed by atoms with Gasteiger partial charge in [-0.3, -0.25) is 4.98 Å². The molecule has 178 valence electrons. The first-order valence-electron chi connectivity index (χ1n) is 12.5. The van der Waals surface area contributed by atoms with Crippen LogP contribution in [0.3, 0.4) is 0 Å². The van der Waals surface area contributed by atoms with E-state index in [1.54, 1.807) is 0 Å². The fourth-order valence-corrected chi connectivity index (χ4v) is 6.53. The molecular weight excluding hydrogens is 484 g/mol. The predicted molar refractivity (Wildman–Crippen MR) is 158 cm³/mol. The average molecular weight is 505 g/mol. The lowest BCUT2D eigenvalue weighted by atomic mass is 10.1. The Labute approximate surface area is 222 Å². The van der Waals surface area contributed by atoms with Crippen molar-refractivity contribution < 1.29 is 0 Å². The normalized spacial score (nSPS) is 11.7. The number of nitrogens with zero attached hydrogens (tertiary/aromatic N) is 4. The lowest BCUT2D eigenvalue weighted by Gasteiger charge is -2.10. The van der Waals surface area contributed by atoms with E-state index < -0.39 is 0 Å². The van der Waals surface area contributed by atoms with Crippen LogP contribution in [0.1, 0.15) is 0 Å². The number of hydrogen-bond acceptors (Lipinski definition) is 4. The SMILES string of the molecule is c1ccc(-c2ccnc(-c3ccc(-n4c5cccnc5c5ccc6sc7ccccc7c6c54)cc3)n2)cc1. The summed E-state index contributed by atoms with van der Waals surface area (Å²) in [6, 6.07) is 38.0. The van der Waals surface area contributed by atoms with E-state index in [9.17, 15) is 0 Å². The van der Waals surface area contributed by atoms with Gasteiger partial charge in [-0.2, -0.15) is 0 Å². The van der Waals surface area contributed by atoms with Crippen LogP contribution in [0.15, 0.2) is 122 Å². The summed E-state index contributed by atoms with van der Waals surface area (Å²) in [4.78, 5) is 14.2. The summed E-state index contributed by atoms with van der Waals surface area (Å²) in [5.41, 5.74) is 7.38. The van der Waals surface area contributed by atoms with Crippen LogP contribution in [0.5, 0.6) is 0 Å². The molecule has 0 amide bonds. The molecule has 5 heteroatoms. The van der Waals surface area contributed by atoms with Gasteiger partial charge in [0.1, 0.15) is 0 Å². The number of aromatic nitrogens is 4. The second-order valence-corrected chi connectivity index (χ2v) is 10.4. The van der Waals surface area contributed by atoms with Gasteiger partial charge in [-0.25, -0.2) is 9.97 Å². The van der Waals surface area contributed by atoms with E-state index >= 15 is 0 Å². The Kier molecular flexibility index (Phi) is 4.66. The minimum absolute atomic E-state index is 0.716. The van der Waals surface area contributed by atoms with Gasteiger partial charge in [0.15, 0.2) is 5.82 Å². The van der Waals surface area contributed by atoms with E-state index in [1.807, 2.05) is 54.1 Å². The zero-order valence-corrected chi connectivity index (χ0v) is 21.1. The molecule has 4 heterocycles. The van der Waals surface area contributed by atoms with Crippen molar-refractivity contribution in [1.82, 2.24) is 19.5 Å². The molecule has 4 nitrogen and oxygen atoms in total. The highest BCUT2D eigenvalue weighted by molar-refractivity contribution is 7.26. The van der Waals surface area contributed by atoms with Crippen molar-refractivity contribution in [1.29, 1.82) is 0 Å². The summed E-state index contributed by atoms with van der Waals surface area (Å²) in [6.07, 6.45) is 3.71. The van der Waals surface area contributed by atoms with Gasteiger partial charge in [0.25, 0.3) is 0 Å². The summed E-state index contributed by atoms with van der Waals surface area (Å²) in [5, 5.41) is 3.73. The van der Waals surface area contributed by atoms with Crippen molar-refractivity contribution in [2.45, 2.75) is 0 Å². The standard InChI is InChI=1S/C33H20N4S/c1-2-7-21(8-3-1)26-18-20-35-33(36-26)22-12-14-23(15-13-22)37-27-10-6-19-34-31(27)25-16-17-29-30(32(25)37)24-9-4-5-11-28(24)38-29/h1-20H. The molecule has 0 fully saturated rings. The maximum Gasteiger partial charge on any atom is 0.159 e. The van der Waals surface area contributed by atoms with Crippen LogP contribution in [0.4, 0.5) is 0 Å². The molecule has 0 radical (unpaired) electrons. The van der Waals surface area contributed by atoms with E-state index in [0.717, 1.165) is 33.5 Å². The number of thiophene rings is 1. The van der Waals surface area contributed by atoms with Gasteiger partial charge in [0.2, 0.25) is 0 Å². The first-order valence-corrected chi connectivity index (χ1v) is 13.4. The minimum atomic E-state index is 0.716. The second kappa shape index (κ2) is 8.33. The van der Waals surface area contributed by atoms with E-state index in [0.29, 0.717) is 5.82 Å². The van der Waals surface area contributed by atoms with Crippen molar-refractivity contribution in [2.75, 3.05) is 0 Å². The number of rotatable bonds is 3. The van der Waals surface area contributed by atoms with Crippen molar-refractivity contribution in [3.05, 3.63) is 122 Å². The summed E-state index contributed by atoms with van der Waals surface area (Å²) in [6.45, 7) is 0. The topological polar surface area (TPSA) is 43.6 Å². The quantitative estimate of drug-likeness (QED) is 0.242. The van der Waals surface area contributed by atoms with Crippen LogP contribution in [0.2, 0.25) is 0 Å². The van der Waals surface area contributed by atoms with Crippen LogP contribution in [0.25, 0.3) is 70.4 Å². The summed E-state index contributed by atoms with van der Waals surface area (Å²) in [7, 11) is 0. The molecule has 0 atom stereocenters. The fourth-order valence-electron chi connectivity index (χ4n) is 5.42. The minimum Gasteiger partial charge on any atom is -0.307 e. The molecule has 0 aliphatic rings. The van der Waals surface area contributed by atoms with Crippen LogP contribution in [-0.4, -0.2) is 19.5 Å². The zero-order valence-electron chi connectivity index (χ0n) is 20.2. The Balaban J connectivity index is 1.34. The summed E-state index contributed by atoms with van der Waals surface area (Å²) < 4.78 is 4.93. The number of fused-ring (bicyclic) bond motifs is 7. The molecule has 8 rings (SSSR count). The van der Waals surface area contributed by atoms with Crippen LogP contribution in [-0.2, 0) is 0 Å². The molecule has 0 unspecified atom stereocenters. The molecule has 0 saturated heterocycles. The third-order valence-electron chi connectivity index (χ3n) is 7.13. The van der Waals surface area contributed by atoms with Crippen molar-refractivity contribution in [3.8, 4) is 28.3 Å². The smallest absolute Gasteiger partial charge is 0.159 e. The van der Waals surface area contributed by atoms with Crippen molar-refractivity contribution in [2.24, 2.45) is 0 Å². The maximum atomic E-state index is 4.85. The Morgan fingerprint density at radius 2 is 1.42 bits per heavy atom. The summed E-state index contributed by atoms with van der Waals surface area (Å²) in [5.74, 6) is 0.716. The first-order chi connectivity index (χ1) is 18.8. The van der Waals surface area contributed by atoms with Gasteiger partial charge in [0.05, 0.1) is 22.2 Å². The van der Waals surface area contributed by atoms with Gasteiger partial charge in [-0.15, -0.1) is 11.3 Å². The fraction of sp³-hybridized carbons (Fsp3) is 0. The Morgan fingerprint density at radius 3 is 2.32 bits per heavy atom. The van der Waals surface area contributed by atoms with E-state index in [4.69, 9.17) is 9.97 Å². The zero-order chi connectivity index (χ0) is 25.1. The van der Waals surface area contributed by atoms with E-state index in [1.165, 1.54) is 31.1 Å². The molecular formula is C33H20N4S. The molecule has 4 aromatic carbocycles. The Bertz CT molecular complexity index is 2120. The van der Waals surface area contributed by atoms with Gasteiger partial charge in [-0.1, -0.05) is 48.5 Å². The monoisotopic (exact) mass is 504 g/mol. The lowest BCUT2D eigenvalue weighted by Crippen LogP contribution is -1.96. The molecule has 0 N–H and O–H groups in total. The van der Waals surface area contributed by atoms with E-state index in [-0.39, 0.29) is 0 Å². The first kappa shape index (κ1) is 21.2. The Hall–Kier alpha value is -4.87. The third-order valence-corrected chi connectivity index (χ3v) is 8.27.